The van der Waals surface area contributed by atoms with Crippen LogP contribution in [0.1, 0.15) is 363 Å². The van der Waals surface area contributed by atoms with E-state index in [4.69, 9.17) is 0 Å². The van der Waals surface area contributed by atoms with Gasteiger partial charge in [0.15, 0.2) is 0 Å². The third-order valence-electron chi connectivity index (χ3n) is 28.9. The van der Waals surface area contributed by atoms with E-state index >= 15 is 0 Å². The Bertz CT molecular complexity index is 3970. The van der Waals surface area contributed by atoms with Gasteiger partial charge in [0.25, 0.3) is 0 Å². The molecule has 13 aliphatic rings. The fourth-order valence-corrected chi connectivity index (χ4v) is 66.2. The summed E-state index contributed by atoms with van der Waals surface area (Å²) in [6.45, 7) is 62.0. The Morgan fingerprint density at radius 3 is 0.554 bits per heavy atom. The quantitative estimate of drug-likeness (QED) is 0.120. The monoisotopic (exact) mass is 1430 g/mol. The molecule has 12 aliphatic carbocycles. The molecule has 2 heteroatoms. The van der Waals surface area contributed by atoms with E-state index in [-0.39, 0.29) is 83.5 Å². The minimum atomic E-state index is -2.66. The third-order valence-corrected chi connectivity index (χ3v) is 68.5. The first-order valence-corrected chi connectivity index (χ1v) is 46.3. The van der Waals surface area contributed by atoms with Gasteiger partial charge in [-0.25, -0.2) is 0 Å². The number of benzene rings is 6. The SMILES string of the molecule is CC1(C)C=CC(C)(C)c2cc3c(cc21)C1c2cc4c(cc2[C]3([Sb]2[CH2][Sb]([C]35c6cc7c(cc6C(c6cc8c(cc63)C(C)(C)CCC8(C)C)c3cc6c(cc35)C(C)(C)CCC6(C)C)C(C)(C)C=CC7(C)C)[CH2]2)c2cc3c(cc21)C(C)(C)CCC3(C)C)C(C)(C)CCC4(C)C. The first-order valence-electron chi connectivity index (χ1n) is 36.5. The fourth-order valence-electron chi connectivity index (χ4n) is 22.1. The predicted octanol–water partition coefficient (Wildman–Crippen LogP) is 22.5. The summed E-state index contributed by atoms with van der Waals surface area (Å²) in [5.41, 5.74) is 40.9. The van der Waals surface area contributed by atoms with Gasteiger partial charge in [0.1, 0.15) is 0 Å². The van der Waals surface area contributed by atoms with E-state index in [0.29, 0.717) is 0 Å². The van der Waals surface area contributed by atoms with E-state index in [1.54, 1.807) is 134 Å². The van der Waals surface area contributed by atoms with Crippen molar-refractivity contribution in [3.63, 3.8) is 0 Å². The Labute approximate surface area is 571 Å². The molecule has 0 atom stereocenters. The van der Waals surface area contributed by atoms with Crippen LogP contribution in [0.25, 0.3) is 0 Å². The zero-order chi connectivity index (χ0) is 65.6. The molecule has 480 valence electrons. The van der Waals surface area contributed by atoms with Crippen molar-refractivity contribution < 1.29 is 0 Å². The fraction of sp³-hybridized carbons (Fsp3) is 0.556. The molecule has 6 aromatic rings. The topological polar surface area (TPSA) is 0 Å². The normalized spacial score (nSPS) is 30.0. The van der Waals surface area contributed by atoms with Crippen LogP contribution in [0, 0.1) is 0 Å². The Kier molecular flexibility index (Phi) is 12.1. The van der Waals surface area contributed by atoms with E-state index in [9.17, 15) is 0 Å². The van der Waals surface area contributed by atoms with E-state index in [2.05, 4.69) is 263 Å². The summed E-state index contributed by atoms with van der Waals surface area (Å²) in [4.78, 5) is 0. The molecule has 1 heterocycles. The number of rotatable bonds is 2. The summed E-state index contributed by atoms with van der Waals surface area (Å²) in [7, 11) is 0. The van der Waals surface area contributed by atoms with Crippen molar-refractivity contribution in [1.29, 1.82) is 0 Å². The molecule has 0 amide bonds. The van der Waals surface area contributed by atoms with Gasteiger partial charge in [0, 0.05) is 0 Å². The van der Waals surface area contributed by atoms with Crippen molar-refractivity contribution in [3.05, 3.63) is 231 Å². The molecule has 0 aromatic heterocycles. The summed E-state index contributed by atoms with van der Waals surface area (Å²) in [6.07, 6.45) is 20.2. The van der Waals surface area contributed by atoms with Crippen LogP contribution in [0.5, 0.6) is 0 Å². The molecule has 0 unspecified atom stereocenters. The Hall–Kier alpha value is -3.56. The Morgan fingerprint density at radius 2 is 0.359 bits per heavy atom. The minimum absolute atomic E-state index is 0.0607. The van der Waals surface area contributed by atoms with E-state index < -0.39 is 40.4 Å². The number of hydrogen-bond donors (Lipinski definition) is 0. The molecule has 1 fully saturated rings. The van der Waals surface area contributed by atoms with Crippen LogP contribution < -0.4 is 0 Å². The molecule has 0 spiro atoms. The molecule has 19 rings (SSSR count). The van der Waals surface area contributed by atoms with Gasteiger partial charge in [0.2, 0.25) is 0 Å². The van der Waals surface area contributed by atoms with Crippen molar-refractivity contribution in [2.75, 3.05) is 0 Å². The van der Waals surface area contributed by atoms with Crippen LogP contribution in [-0.2, 0) is 71.7 Å². The van der Waals surface area contributed by atoms with Crippen LogP contribution >= 0.6 is 0 Å². The van der Waals surface area contributed by atoms with Crippen molar-refractivity contribution >= 4 is 40.4 Å². The van der Waals surface area contributed by atoms with Gasteiger partial charge in [-0.1, -0.05) is 0 Å². The molecule has 0 N–H and O–H groups in total. The Balaban J connectivity index is 1.00. The van der Waals surface area contributed by atoms with Gasteiger partial charge in [-0.05, 0) is 0 Å². The number of allylic oxidation sites excluding steroid dienone is 4. The molecule has 92 heavy (non-hydrogen) atoms. The summed E-state index contributed by atoms with van der Waals surface area (Å²) >= 11 is -5.32. The van der Waals surface area contributed by atoms with Gasteiger partial charge in [-0.15, -0.1) is 0 Å². The third kappa shape index (κ3) is 7.69. The number of hydrogen-bond acceptors (Lipinski definition) is 0. The zero-order valence-electron chi connectivity index (χ0n) is 61.4. The maximum absolute atomic E-state index is 3.00. The second kappa shape index (κ2) is 18.0. The van der Waals surface area contributed by atoms with Gasteiger partial charge in [-0.2, -0.15) is 0 Å². The first-order chi connectivity index (χ1) is 42.4. The summed E-state index contributed by atoms with van der Waals surface area (Å²) in [6, 6.07) is 35.3. The van der Waals surface area contributed by atoms with E-state index in [1.165, 1.54) is 56.0 Å². The van der Waals surface area contributed by atoms with Gasteiger partial charge < -0.3 is 0 Å². The zero-order valence-corrected chi connectivity index (χ0v) is 66.5. The molecule has 0 saturated carbocycles. The van der Waals surface area contributed by atoms with Gasteiger partial charge in [0.05, 0.1) is 0 Å². The van der Waals surface area contributed by atoms with Crippen molar-refractivity contribution in [1.82, 2.24) is 0 Å². The first kappa shape index (κ1) is 62.0. The van der Waals surface area contributed by atoms with Crippen LogP contribution in [-0.4, -0.2) is 40.4 Å². The molecule has 6 aromatic carbocycles. The molecular formula is C90H110Sb2. The van der Waals surface area contributed by atoms with Crippen LogP contribution in [0.15, 0.2) is 97.1 Å². The second-order valence-electron chi connectivity index (χ2n) is 40.2. The van der Waals surface area contributed by atoms with Crippen molar-refractivity contribution in [2.45, 2.75) is 306 Å². The molecule has 1 aliphatic heterocycles. The number of fused-ring (bicyclic) bond motifs is 6. The van der Waals surface area contributed by atoms with Gasteiger partial charge >= 0.3 is 577 Å². The maximum atomic E-state index is 3.00. The molecule has 0 radical (unpaired) electrons. The summed E-state index contributed by atoms with van der Waals surface area (Å²) in [5.74, 6) is 0.428. The van der Waals surface area contributed by atoms with Crippen LogP contribution in [0.4, 0.5) is 0 Å². The average molecular weight is 1440 g/mol. The van der Waals surface area contributed by atoms with Gasteiger partial charge in [-0.3, -0.25) is 0 Å². The summed E-state index contributed by atoms with van der Waals surface area (Å²) in [5, 5.41) is 0. The van der Waals surface area contributed by atoms with Crippen LogP contribution in [0.2, 0.25) is 4.63 Å². The average Bonchev–Trinajstić information content (AvgIpc) is 0.650. The Morgan fingerprint density at radius 1 is 0.207 bits per heavy atom. The second-order valence-corrected chi connectivity index (χ2v) is 62.6. The molecule has 1 saturated heterocycles. The van der Waals surface area contributed by atoms with E-state index in [1.807, 2.05) is 0 Å². The molecule has 0 nitrogen and oxygen atoms in total. The van der Waals surface area contributed by atoms with Crippen LogP contribution in [0.3, 0.4) is 0 Å². The molecular weight excluding hydrogens is 1320 g/mol. The van der Waals surface area contributed by atoms with E-state index in [0.717, 1.165) is 0 Å². The standard InChI is InChI=1S/2C44H53.2CH2.2Sb/c2*1-39(2)13-14-40(3,4)32-20-26-25(19-31(32)39)37-27-21-33-35(43(9,10)17-15-41(33,5)6)23-29(27)38(26)30-24-36-34(22-28(30)37)42(7,8)16-18-44(36,11)12;;;;/h2*13-14,19-24,37H,15-18H2,1-12H3;2*1H2;;. The van der Waals surface area contributed by atoms with Crippen molar-refractivity contribution in [2.24, 2.45) is 0 Å². The molecule has 4 bridgehead atoms. The van der Waals surface area contributed by atoms with Crippen molar-refractivity contribution in [3.8, 4) is 0 Å². The predicted molar refractivity (Wildman–Crippen MR) is 393 cm³/mol. The summed E-state index contributed by atoms with van der Waals surface area (Å²) < 4.78 is 2.76.